The Hall–Kier alpha value is 1.14. The van der Waals surface area contributed by atoms with Crippen LogP contribution in [0.2, 0.25) is 0 Å². The first-order chi connectivity index (χ1) is 13.1. The third kappa shape index (κ3) is 10.1. The summed E-state index contributed by atoms with van der Waals surface area (Å²) in [5, 5.41) is 0. The third-order valence-electron chi connectivity index (χ3n) is 4.62. The number of likely N-dealkylation sites (tertiary alicyclic amines) is 2. The second kappa shape index (κ2) is 14.2. The molecule has 2 atom stereocenters. The lowest BCUT2D eigenvalue weighted by molar-refractivity contribution is 0.115. The summed E-state index contributed by atoms with van der Waals surface area (Å²) in [7, 11) is 6.83. The van der Waals surface area contributed by atoms with Crippen LogP contribution in [-0.2, 0) is 4.74 Å². The van der Waals surface area contributed by atoms with Crippen molar-refractivity contribution < 1.29 is 4.74 Å². The van der Waals surface area contributed by atoms with E-state index in [9.17, 15) is 0 Å². The molecule has 2 aliphatic heterocycles. The summed E-state index contributed by atoms with van der Waals surface area (Å²) in [6.07, 6.45) is 10.4. The molecular formula is C18H32N2OS6. The largest absolute Gasteiger partial charge is 0.357 e. The topological polar surface area (TPSA) is 15.7 Å². The predicted octanol–water partition coefficient (Wildman–Crippen LogP) is 6.78. The Labute approximate surface area is 192 Å². The van der Waals surface area contributed by atoms with E-state index in [1.807, 2.05) is 0 Å². The quantitative estimate of drug-likeness (QED) is 0.228. The highest BCUT2D eigenvalue weighted by Gasteiger charge is 2.18. The fourth-order valence-electron chi connectivity index (χ4n) is 3.14. The van der Waals surface area contributed by atoms with E-state index in [0.717, 1.165) is 34.8 Å². The van der Waals surface area contributed by atoms with Crippen LogP contribution >= 0.6 is 67.6 Å². The zero-order valence-corrected chi connectivity index (χ0v) is 21.3. The zero-order valence-electron chi connectivity index (χ0n) is 16.4. The van der Waals surface area contributed by atoms with Gasteiger partial charge in [-0.05, 0) is 61.1 Å². The lowest BCUT2D eigenvalue weighted by atomic mass is 10.2. The number of ether oxygens (including phenoxy) is 1. The molecule has 2 aliphatic rings. The molecule has 2 rings (SSSR count). The monoisotopic (exact) mass is 484 g/mol. The molecule has 0 aliphatic carbocycles. The van der Waals surface area contributed by atoms with Crippen LogP contribution < -0.4 is 0 Å². The number of rotatable bonds is 6. The molecule has 2 fully saturated rings. The molecule has 0 saturated carbocycles. The molecule has 156 valence electrons. The van der Waals surface area contributed by atoms with Crippen molar-refractivity contribution in [3.05, 3.63) is 0 Å². The SMILES string of the molecule is CC(OC(C)SSC(=S)N1CCCCCC1)SSC(=S)N1CCCCCC1. The molecule has 0 spiro atoms. The summed E-state index contributed by atoms with van der Waals surface area (Å²) < 4.78 is 8.12. The minimum absolute atomic E-state index is 0.106. The van der Waals surface area contributed by atoms with Crippen LogP contribution in [0.3, 0.4) is 0 Å². The molecule has 0 aromatic heterocycles. The second-order valence-electron chi connectivity index (χ2n) is 6.96. The first kappa shape index (κ1) is 24.4. The lowest BCUT2D eigenvalue weighted by Crippen LogP contribution is -2.28. The summed E-state index contributed by atoms with van der Waals surface area (Å²) in [5.74, 6) is 0. The number of hydrogen-bond acceptors (Lipinski definition) is 7. The van der Waals surface area contributed by atoms with Crippen LogP contribution in [0.5, 0.6) is 0 Å². The zero-order chi connectivity index (χ0) is 19.5. The molecule has 0 aromatic rings. The van der Waals surface area contributed by atoms with E-state index < -0.39 is 0 Å². The standard InChI is InChI=1S/C18H32N2OS6/c1-15(24-26-17(22)19-11-7-3-4-8-12-19)21-16(2)25-27-18(23)20-13-9-5-6-10-14-20/h15-16H,3-14H2,1-2H3. The van der Waals surface area contributed by atoms with Crippen molar-refractivity contribution in [3.63, 3.8) is 0 Å². The van der Waals surface area contributed by atoms with Crippen molar-refractivity contribution in [1.82, 2.24) is 9.80 Å². The fourth-order valence-corrected chi connectivity index (χ4v) is 7.93. The summed E-state index contributed by atoms with van der Waals surface area (Å²) in [5.41, 5.74) is 0.213. The van der Waals surface area contributed by atoms with Gasteiger partial charge in [0.05, 0.1) is 0 Å². The summed E-state index contributed by atoms with van der Waals surface area (Å²) in [4.78, 5) is 4.72. The first-order valence-electron chi connectivity index (χ1n) is 9.96. The highest BCUT2D eigenvalue weighted by atomic mass is 33.1. The smallest absolute Gasteiger partial charge is 0.147 e. The summed E-state index contributed by atoms with van der Waals surface area (Å²) in [6, 6.07) is 0. The van der Waals surface area contributed by atoms with Gasteiger partial charge in [0, 0.05) is 26.2 Å². The van der Waals surface area contributed by atoms with Crippen LogP contribution in [0.25, 0.3) is 0 Å². The van der Waals surface area contributed by atoms with Crippen molar-refractivity contribution in [2.45, 2.75) is 76.1 Å². The number of thiocarbonyl (C=S) groups is 2. The first-order valence-corrected chi connectivity index (χ1v) is 15.2. The maximum atomic E-state index is 6.10. The van der Waals surface area contributed by atoms with Crippen molar-refractivity contribution >= 4 is 76.3 Å². The molecule has 2 unspecified atom stereocenters. The van der Waals surface area contributed by atoms with Crippen molar-refractivity contribution in [2.75, 3.05) is 26.2 Å². The van der Waals surface area contributed by atoms with E-state index in [2.05, 4.69) is 23.6 Å². The molecule has 27 heavy (non-hydrogen) atoms. The Kier molecular flexibility index (Phi) is 12.8. The predicted molar refractivity (Wildman–Crippen MR) is 136 cm³/mol. The molecule has 0 aromatic carbocycles. The maximum absolute atomic E-state index is 6.10. The Morgan fingerprint density at radius 2 is 1.00 bits per heavy atom. The fraction of sp³-hybridized carbons (Fsp3) is 0.889. The van der Waals surface area contributed by atoms with Crippen molar-refractivity contribution in [2.24, 2.45) is 0 Å². The number of hydrogen-bond donors (Lipinski definition) is 0. The van der Waals surface area contributed by atoms with Gasteiger partial charge in [0.15, 0.2) is 0 Å². The summed E-state index contributed by atoms with van der Waals surface area (Å²) >= 11 is 11.2. The number of nitrogens with zero attached hydrogens (tertiary/aromatic N) is 2. The second-order valence-corrected chi connectivity index (χ2v) is 13.2. The van der Waals surface area contributed by atoms with Crippen LogP contribution in [0.1, 0.15) is 65.2 Å². The van der Waals surface area contributed by atoms with Gasteiger partial charge in [0.2, 0.25) is 0 Å². The molecule has 0 radical (unpaired) electrons. The average Bonchev–Trinajstić information content (AvgIpc) is 3.09. The highest BCUT2D eigenvalue weighted by Crippen LogP contribution is 2.36. The van der Waals surface area contributed by atoms with E-state index in [4.69, 9.17) is 29.2 Å². The lowest BCUT2D eigenvalue weighted by Gasteiger charge is -2.24. The van der Waals surface area contributed by atoms with E-state index in [1.165, 1.54) is 51.4 Å². The van der Waals surface area contributed by atoms with E-state index >= 15 is 0 Å². The molecule has 2 saturated heterocycles. The molecule has 0 amide bonds. The molecule has 2 heterocycles. The van der Waals surface area contributed by atoms with E-state index in [0.29, 0.717) is 0 Å². The third-order valence-corrected chi connectivity index (χ3v) is 11.2. The van der Waals surface area contributed by atoms with Gasteiger partial charge in [-0.2, -0.15) is 0 Å². The van der Waals surface area contributed by atoms with Gasteiger partial charge in [0.1, 0.15) is 19.5 Å². The van der Waals surface area contributed by atoms with Gasteiger partial charge in [-0.1, -0.05) is 71.7 Å². The molecule has 0 bridgehead atoms. The molecule has 0 N–H and O–H groups in total. The molecule has 3 nitrogen and oxygen atoms in total. The van der Waals surface area contributed by atoms with Gasteiger partial charge >= 0.3 is 0 Å². The minimum atomic E-state index is 0.106. The van der Waals surface area contributed by atoms with E-state index in [-0.39, 0.29) is 10.9 Å². The van der Waals surface area contributed by atoms with Gasteiger partial charge < -0.3 is 14.5 Å². The van der Waals surface area contributed by atoms with Crippen molar-refractivity contribution in [1.29, 1.82) is 0 Å². The van der Waals surface area contributed by atoms with Gasteiger partial charge in [0.25, 0.3) is 0 Å². The van der Waals surface area contributed by atoms with Crippen LogP contribution in [0, 0.1) is 0 Å². The van der Waals surface area contributed by atoms with E-state index in [1.54, 1.807) is 43.2 Å². The van der Waals surface area contributed by atoms with Crippen LogP contribution in [0.15, 0.2) is 0 Å². The van der Waals surface area contributed by atoms with Crippen LogP contribution in [0.4, 0.5) is 0 Å². The Balaban J connectivity index is 1.60. The Morgan fingerprint density at radius 1 is 0.667 bits per heavy atom. The Bertz CT molecular complexity index is 411. The molecule has 9 heteroatoms. The van der Waals surface area contributed by atoms with Gasteiger partial charge in [-0.15, -0.1) is 0 Å². The maximum Gasteiger partial charge on any atom is 0.147 e. The van der Waals surface area contributed by atoms with Crippen molar-refractivity contribution in [3.8, 4) is 0 Å². The van der Waals surface area contributed by atoms with Gasteiger partial charge in [-0.25, -0.2) is 0 Å². The van der Waals surface area contributed by atoms with Crippen LogP contribution in [-0.4, -0.2) is 55.5 Å². The summed E-state index contributed by atoms with van der Waals surface area (Å²) in [6.45, 7) is 8.66. The highest BCUT2D eigenvalue weighted by molar-refractivity contribution is 8.84. The minimum Gasteiger partial charge on any atom is -0.357 e. The average molecular weight is 485 g/mol. The normalized spacial score (nSPS) is 21.3. The Morgan fingerprint density at radius 3 is 1.33 bits per heavy atom. The molecular weight excluding hydrogens is 453 g/mol. The van der Waals surface area contributed by atoms with Gasteiger partial charge in [-0.3, -0.25) is 0 Å².